The van der Waals surface area contributed by atoms with Crippen molar-refractivity contribution < 1.29 is 0 Å². The van der Waals surface area contributed by atoms with E-state index in [2.05, 4.69) is 308 Å². The fraction of sp³-hybridized carbons (Fsp3) is 0.179. The van der Waals surface area contributed by atoms with Gasteiger partial charge in [-0.25, -0.2) is 0 Å². The van der Waals surface area contributed by atoms with Crippen LogP contribution in [0.4, 0.5) is 28.4 Å². The van der Waals surface area contributed by atoms with E-state index < -0.39 is 0 Å². The Labute approximate surface area is 473 Å². The van der Waals surface area contributed by atoms with E-state index in [-0.39, 0.29) is 21.7 Å². The van der Waals surface area contributed by atoms with Crippen LogP contribution in [-0.2, 0) is 21.7 Å². The van der Waals surface area contributed by atoms with Crippen molar-refractivity contribution in [1.29, 1.82) is 0 Å². The van der Waals surface area contributed by atoms with Gasteiger partial charge in [-0.2, -0.15) is 0 Å². The lowest BCUT2D eigenvalue weighted by Gasteiger charge is -2.36. The maximum Gasteiger partial charge on any atom is 0.0543 e. The van der Waals surface area contributed by atoms with Crippen LogP contribution in [0.25, 0.3) is 55.6 Å². The first-order valence-electron chi connectivity index (χ1n) is 28.8. The molecule has 2 nitrogen and oxygen atoms in total. The summed E-state index contributed by atoms with van der Waals surface area (Å²) in [6, 6.07) is 84.5. The minimum absolute atomic E-state index is 0.0320. The Morgan fingerprint density at radius 3 is 1.41 bits per heavy atom. The van der Waals surface area contributed by atoms with Crippen LogP contribution in [0.5, 0.6) is 0 Å². The third-order valence-corrected chi connectivity index (χ3v) is 19.6. The van der Waals surface area contributed by atoms with Crippen LogP contribution in [0, 0.1) is 5.92 Å². The molecule has 0 bridgehead atoms. The molecule has 10 aromatic carbocycles. The summed E-state index contributed by atoms with van der Waals surface area (Å²) in [5.41, 5.74) is 30.4. The van der Waals surface area contributed by atoms with E-state index in [0.717, 1.165) is 17.1 Å². The van der Waals surface area contributed by atoms with Crippen molar-refractivity contribution in [2.75, 3.05) is 9.80 Å². The molecule has 2 heteroatoms. The molecule has 0 saturated heterocycles. The average molecular weight is 1030 g/mol. The SMILES string of the molecule is CC1(C)c2ccccc2-c2ccc(N(C3=CC4C(C=C3)c3ccccc3C4(C)C)c3cccc4c3-c3cc5c(cc3C4(C)C)-c3ccc(N(c4ccc(-c6ccccc6)cc4)c4ccc(-c6ccccc6)cc4)cc3C5(C)C)cc21. The molecule has 0 heterocycles. The van der Waals surface area contributed by atoms with E-state index in [1.165, 1.54) is 117 Å². The number of anilines is 5. The molecule has 2 unspecified atom stereocenters. The van der Waals surface area contributed by atoms with Crippen molar-refractivity contribution in [2.45, 2.75) is 83.0 Å². The molecule has 0 radical (unpaired) electrons. The van der Waals surface area contributed by atoms with E-state index in [4.69, 9.17) is 0 Å². The second-order valence-electron chi connectivity index (χ2n) is 25.3. The highest BCUT2D eigenvalue weighted by atomic mass is 15.2. The summed E-state index contributed by atoms with van der Waals surface area (Å²) >= 11 is 0. The van der Waals surface area contributed by atoms with E-state index >= 15 is 0 Å². The Hall–Kier alpha value is -8.72. The second kappa shape index (κ2) is 17.4. The summed E-state index contributed by atoms with van der Waals surface area (Å²) in [5, 5.41) is 0. The third-order valence-electron chi connectivity index (χ3n) is 19.6. The monoisotopic (exact) mass is 1030 g/mol. The lowest BCUT2D eigenvalue weighted by Crippen LogP contribution is -2.28. The zero-order valence-corrected chi connectivity index (χ0v) is 47.1. The summed E-state index contributed by atoms with van der Waals surface area (Å²) in [6.07, 6.45) is 7.57. The first-order valence-corrected chi connectivity index (χ1v) is 28.8. The molecule has 0 saturated carbocycles. The standard InChI is InChI=1S/C78H66N2/c1-75(2)65-26-17-15-24-58(65)60-41-39-56(45-68(60)75)80(57-40-42-61-59-25-16-18-27-66(59)76(3,4)69(61)46-57)73-29-19-28-67-74(73)64-48-71-63(47-72(64)77(67,5)6)62-43-38-55(44-70(62)78(71,7)8)79(53-34-30-51(31-35-53)49-20-11-9-12-21-49)54-36-32-52(33-37-54)50-22-13-10-14-23-50/h9-48,60,68H,1-8H3. The fourth-order valence-electron chi connectivity index (χ4n) is 15.2. The van der Waals surface area contributed by atoms with Crippen molar-refractivity contribution in [2.24, 2.45) is 5.92 Å². The maximum atomic E-state index is 2.63. The summed E-state index contributed by atoms with van der Waals surface area (Å²) in [5.74, 6) is 0.643. The van der Waals surface area contributed by atoms with Crippen LogP contribution in [0.3, 0.4) is 0 Å². The largest absolute Gasteiger partial charge is 0.310 e. The Balaban J connectivity index is 0.865. The molecule has 0 aromatic heterocycles. The highest BCUT2D eigenvalue weighted by molar-refractivity contribution is 5.98. The second-order valence-corrected chi connectivity index (χ2v) is 25.3. The maximum absolute atomic E-state index is 2.63. The van der Waals surface area contributed by atoms with Gasteiger partial charge in [-0.3, -0.25) is 0 Å². The van der Waals surface area contributed by atoms with E-state index in [0.29, 0.717) is 11.8 Å². The molecule has 2 atom stereocenters. The Morgan fingerprint density at radius 2 is 0.775 bits per heavy atom. The van der Waals surface area contributed by atoms with Gasteiger partial charge in [0, 0.05) is 56.2 Å². The minimum Gasteiger partial charge on any atom is -0.310 e. The number of rotatable bonds is 8. The van der Waals surface area contributed by atoms with Crippen LogP contribution in [0.15, 0.2) is 248 Å². The topological polar surface area (TPSA) is 6.48 Å². The third kappa shape index (κ3) is 7.03. The Morgan fingerprint density at radius 1 is 0.325 bits per heavy atom. The number of allylic oxidation sites excluding steroid dienone is 3. The van der Waals surface area contributed by atoms with Crippen LogP contribution >= 0.6 is 0 Å². The van der Waals surface area contributed by atoms with Crippen molar-refractivity contribution in [1.82, 2.24) is 0 Å². The van der Waals surface area contributed by atoms with Gasteiger partial charge in [0.25, 0.3) is 0 Å². The molecule has 388 valence electrons. The number of nitrogens with zero attached hydrogens (tertiary/aromatic N) is 2. The molecule has 0 fully saturated rings. The molecule has 80 heavy (non-hydrogen) atoms. The van der Waals surface area contributed by atoms with Gasteiger partial charge in [0.2, 0.25) is 0 Å². The van der Waals surface area contributed by atoms with Crippen molar-refractivity contribution in [3.05, 3.63) is 293 Å². The van der Waals surface area contributed by atoms with Crippen molar-refractivity contribution in [3.8, 4) is 55.6 Å². The summed E-state index contributed by atoms with van der Waals surface area (Å²) < 4.78 is 0. The van der Waals surface area contributed by atoms with Crippen LogP contribution in [-0.4, -0.2) is 0 Å². The lowest BCUT2D eigenvalue weighted by atomic mass is 9.74. The first-order chi connectivity index (χ1) is 38.7. The zero-order chi connectivity index (χ0) is 54.5. The highest BCUT2D eigenvalue weighted by Crippen LogP contribution is 2.61. The summed E-state index contributed by atoms with van der Waals surface area (Å²) in [6.45, 7) is 19.5. The quantitative estimate of drug-likeness (QED) is 0.150. The summed E-state index contributed by atoms with van der Waals surface area (Å²) in [4.78, 5) is 5.06. The number of benzene rings is 10. The minimum atomic E-state index is -0.287. The average Bonchev–Trinajstić information content (AvgIpc) is 4.16. The number of hydrogen-bond acceptors (Lipinski definition) is 2. The van der Waals surface area contributed by atoms with Gasteiger partial charge >= 0.3 is 0 Å². The van der Waals surface area contributed by atoms with Gasteiger partial charge in [0.15, 0.2) is 0 Å². The predicted molar refractivity (Wildman–Crippen MR) is 336 cm³/mol. The number of hydrogen-bond donors (Lipinski definition) is 0. The Kier molecular flexibility index (Phi) is 10.5. The predicted octanol–water partition coefficient (Wildman–Crippen LogP) is 20.7. The molecule has 10 aromatic rings. The normalized spacial score (nSPS) is 18.2. The molecular weight excluding hydrogens is 965 g/mol. The smallest absolute Gasteiger partial charge is 0.0543 e. The molecular formula is C78H66N2. The first kappa shape index (κ1) is 48.4. The number of fused-ring (bicyclic) bond motifs is 12. The fourth-order valence-corrected chi connectivity index (χ4v) is 15.2. The molecule has 0 aliphatic heterocycles. The molecule has 5 aliphatic carbocycles. The zero-order valence-electron chi connectivity index (χ0n) is 47.1. The van der Waals surface area contributed by atoms with Crippen LogP contribution in [0.1, 0.15) is 106 Å². The van der Waals surface area contributed by atoms with E-state index in [1.807, 2.05) is 0 Å². The molecule has 0 amide bonds. The van der Waals surface area contributed by atoms with Gasteiger partial charge < -0.3 is 9.80 Å². The lowest BCUT2D eigenvalue weighted by molar-refractivity contribution is 0.392. The van der Waals surface area contributed by atoms with E-state index in [1.54, 1.807) is 0 Å². The molecule has 15 rings (SSSR count). The highest BCUT2D eigenvalue weighted by Gasteiger charge is 2.47. The van der Waals surface area contributed by atoms with Crippen LogP contribution in [0.2, 0.25) is 0 Å². The van der Waals surface area contributed by atoms with Gasteiger partial charge in [-0.05, 0) is 179 Å². The van der Waals surface area contributed by atoms with Gasteiger partial charge in [0.05, 0.1) is 5.69 Å². The van der Waals surface area contributed by atoms with Gasteiger partial charge in [0.1, 0.15) is 0 Å². The van der Waals surface area contributed by atoms with Crippen LogP contribution < -0.4 is 9.80 Å². The molecule has 0 spiro atoms. The van der Waals surface area contributed by atoms with Gasteiger partial charge in [-0.1, -0.05) is 225 Å². The van der Waals surface area contributed by atoms with Crippen molar-refractivity contribution >= 4 is 28.4 Å². The molecule has 5 aliphatic rings. The van der Waals surface area contributed by atoms with E-state index in [9.17, 15) is 0 Å². The van der Waals surface area contributed by atoms with Crippen molar-refractivity contribution in [3.63, 3.8) is 0 Å². The molecule has 0 N–H and O–H groups in total. The van der Waals surface area contributed by atoms with Gasteiger partial charge in [-0.15, -0.1) is 0 Å². The Bertz CT molecular complexity index is 4140. The summed E-state index contributed by atoms with van der Waals surface area (Å²) in [7, 11) is 0.